The van der Waals surface area contributed by atoms with Crippen LogP contribution in [0, 0.1) is 6.92 Å². The lowest BCUT2D eigenvalue weighted by Crippen LogP contribution is -1.85. The first-order valence-electron chi connectivity index (χ1n) is 6.17. The van der Waals surface area contributed by atoms with Crippen molar-refractivity contribution < 1.29 is 10.2 Å². The van der Waals surface area contributed by atoms with Crippen LogP contribution in [0.3, 0.4) is 0 Å². The molecule has 0 unspecified atom stereocenters. The predicted molar refractivity (Wildman–Crippen MR) is 77.5 cm³/mol. The fourth-order valence-corrected chi connectivity index (χ4v) is 2.38. The van der Waals surface area contributed by atoms with Gasteiger partial charge in [-0.15, -0.1) is 0 Å². The second kappa shape index (κ2) is 4.32. The van der Waals surface area contributed by atoms with E-state index in [2.05, 4.69) is 0 Å². The van der Waals surface area contributed by atoms with Crippen LogP contribution in [-0.2, 0) is 0 Å². The van der Waals surface area contributed by atoms with Gasteiger partial charge in [0.1, 0.15) is 11.5 Å². The number of hydrogen-bond acceptors (Lipinski definition) is 2. The van der Waals surface area contributed by atoms with Crippen LogP contribution in [0.2, 0.25) is 0 Å². The number of rotatable bonds is 1. The third kappa shape index (κ3) is 1.91. The molecule has 0 saturated heterocycles. The molecule has 0 atom stereocenters. The van der Waals surface area contributed by atoms with Crippen molar-refractivity contribution in [2.45, 2.75) is 6.92 Å². The van der Waals surface area contributed by atoms with Crippen LogP contribution < -0.4 is 0 Å². The lowest BCUT2D eigenvalue weighted by molar-refractivity contribution is 0.472. The number of fused-ring (bicyclic) bond motifs is 1. The zero-order valence-corrected chi connectivity index (χ0v) is 10.6. The molecule has 19 heavy (non-hydrogen) atoms. The molecule has 2 nitrogen and oxygen atoms in total. The molecule has 0 fully saturated rings. The van der Waals surface area contributed by atoms with Gasteiger partial charge in [0.25, 0.3) is 0 Å². The van der Waals surface area contributed by atoms with Crippen molar-refractivity contribution in [2.75, 3.05) is 0 Å². The van der Waals surface area contributed by atoms with E-state index < -0.39 is 0 Å². The largest absolute Gasteiger partial charge is 0.508 e. The van der Waals surface area contributed by atoms with Gasteiger partial charge >= 0.3 is 0 Å². The van der Waals surface area contributed by atoms with Gasteiger partial charge in [0.05, 0.1) is 0 Å². The first-order chi connectivity index (χ1) is 9.16. The van der Waals surface area contributed by atoms with E-state index in [1.807, 2.05) is 37.3 Å². The molecule has 0 aliphatic heterocycles. The van der Waals surface area contributed by atoms with Gasteiger partial charge in [-0.05, 0) is 47.0 Å². The number of hydrogen-bond donors (Lipinski definition) is 2. The molecule has 2 N–H and O–H groups in total. The molecule has 0 heterocycles. The van der Waals surface area contributed by atoms with Gasteiger partial charge < -0.3 is 10.2 Å². The van der Waals surface area contributed by atoms with Crippen molar-refractivity contribution in [2.24, 2.45) is 0 Å². The summed E-state index contributed by atoms with van der Waals surface area (Å²) in [5, 5.41) is 21.8. The smallest absolute Gasteiger partial charge is 0.126 e. The fraction of sp³-hybridized carbons (Fsp3) is 0.0588. The van der Waals surface area contributed by atoms with Gasteiger partial charge in [-0.3, -0.25) is 0 Å². The molecule has 0 aliphatic carbocycles. The summed E-state index contributed by atoms with van der Waals surface area (Å²) in [6.07, 6.45) is 0. The highest BCUT2D eigenvalue weighted by Gasteiger charge is 2.10. The van der Waals surface area contributed by atoms with Crippen molar-refractivity contribution in [1.82, 2.24) is 0 Å². The first kappa shape index (κ1) is 11.6. The van der Waals surface area contributed by atoms with Gasteiger partial charge in [0, 0.05) is 5.56 Å². The minimum atomic E-state index is 0.223. The van der Waals surface area contributed by atoms with Gasteiger partial charge in [-0.25, -0.2) is 0 Å². The van der Waals surface area contributed by atoms with Crippen molar-refractivity contribution in [3.05, 3.63) is 60.2 Å². The highest BCUT2D eigenvalue weighted by molar-refractivity contribution is 5.93. The van der Waals surface area contributed by atoms with Crippen LogP contribution in [0.4, 0.5) is 0 Å². The van der Waals surface area contributed by atoms with E-state index in [1.54, 1.807) is 24.3 Å². The topological polar surface area (TPSA) is 40.5 Å². The van der Waals surface area contributed by atoms with E-state index in [9.17, 15) is 10.2 Å². The van der Waals surface area contributed by atoms with Gasteiger partial charge in [0.2, 0.25) is 0 Å². The molecule has 3 rings (SSSR count). The van der Waals surface area contributed by atoms with Crippen LogP contribution in [-0.4, -0.2) is 10.2 Å². The summed E-state index contributed by atoms with van der Waals surface area (Å²) in [7, 11) is 0. The van der Waals surface area contributed by atoms with Gasteiger partial charge in [0.15, 0.2) is 0 Å². The standard InChI is InChI=1S/C17H14O2/c1-11-15-5-3-2-4-13(15)10-16(17(11)19)12-6-8-14(18)9-7-12/h2-10,18-19H,1H3. The molecule has 0 aliphatic rings. The summed E-state index contributed by atoms with van der Waals surface area (Å²) < 4.78 is 0. The predicted octanol–water partition coefficient (Wildman–Crippen LogP) is 4.23. The van der Waals surface area contributed by atoms with Crippen LogP contribution in [0.15, 0.2) is 54.6 Å². The molecule has 94 valence electrons. The molecular weight excluding hydrogens is 236 g/mol. The molecule has 0 aromatic heterocycles. The Balaban J connectivity index is 2.29. The molecule has 0 bridgehead atoms. The van der Waals surface area contributed by atoms with Crippen LogP contribution in [0.5, 0.6) is 11.5 Å². The number of phenolic OH excluding ortho intramolecular Hbond substituents is 2. The summed E-state index contributed by atoms with van der Waals surface area (Å²) in [5.74, 6) is 0.519. The van der Waals surface area contributed by atoms with Crippen LogP contribution in [0.25, 0.3) is 21.9 Å². The lowest BCUT2D eigenvalue weighted by atomic mass is 9.96. The molecule has 0 amide bonds. The Labute approximate surface area is 111 Å². The Morgan fingerprint density at radius 3 is 2.26 bits per heavy atom. The zero-order valence-electron chi connectivity index (χ0n) is 10.6. The zero-order chi connectivity index (χ0) is 13.4. The highest BCUT2D eigenvalue weighted by Crippen LogP contribution is 2.37. The molecule has 2 heteroatoms. The quantitative estimate of drug-likeness (QED) is 0.678. The third-order valence-corrected chi connectivity index (χ3v) is 3.45. The summed E-state index contributed by atoms with van der Waals surface area (Å²) in [6.45, 7) is 1.92. The Kier molecular flexibility index (Phi) is 2.64. The SMILES string of the molecule is Cc1c(O)c(-c2ccc(O)cc2)cc2ccccc12. The van der Waals surface area contributed by atoms with Gasteiger partial charge in [-0.2, -0.15) is 0 Å². The summed E-state index contributed by atoms with van der Waals surface area (Å²) in [6, 6.07) is 16.8. The number of aromatic hydroxyl groups is 2. The van der Waals surface area contributed by atoms with Crippen molar-refractivity contribution in [3.8, 4) is 22.6 Å². The Hall–Kier alpha value is -2.48. The highest BCUT2D eigenvalue weighted by atomic mass is 16.3. The number of phenols is 2. The lowest BCUT2D eigenvalue weighted by Gasteiger charge is -2.11. The van der Waals surface area contributed by atoms with Crippen LogP contribution >= 0.6 is 0 Å². The van der Waals surface area contributed by atoms with Crippen molar-refractivity contribution in [1.29, 1.82) is 0 Å². The van der Waals surface area contributed by atoms with E-state index in [0.717, 1.165) is 27.5 Å². The summed E-state index contributed by atoms with van der Waals surface area (Å²) >= 11 is 0. The van der Waals surface area contributed by atoms with E-state index >= 15 is 0 Å². The van der Waals surface area contributed by atoms with E-state index in [4.69, 9.17) is 0 Å². The Morgan fingerprint density at radius 1 is 0.842 bits per heavy atom. The molecule has 0 radical (unpaired) electrons. The first-order valence-corrected chi connectivity index (χ1v) is 6.17. The normalized spacial score (nSPS) is 10.8. The monoisotopic (exact) mass is 250 g/mol. The van der Waals surface area contributed by atoms with E-state index in [1.165, 1.54) is 0 Å². The molecule has 3 aromatic carbocycles. The fourth-order valence-electron chi connectivity index (χ4n) is 2.38. The maximum atomic E-state index is 10.4. The average molecular weight is 250 g/mol. The minimum Gasteiger partial charge on any atom is -0.508 e. The van der Waals surface area contributed by atoms with Crippen molar-refractivity contribution in [3.63, 3.8) is 0 Å². The van der Waals surface area contributed by atoms with E-state index in [0.29, 0.717) is 5.75 Å². The van der Waals surface area contributed by atoms with E-state index in [-0.39, 0.29) is 5.75 Å². The summed E-state index contributed by atoms with van der Waals surface area (Å²) in [4.78, 5) is 0. The maximum absolute atomic E-state index is 10.4. The third-order valence-electron chi connectivity index (χ3n) is 3.45. The number of benzene rings is 3. The maximum Gasteiger partial charge on any atom is 0.126 e. The molecule has 3 aromatic rings. The average Bonchev–Trinajstić information content (AvgIpc) is 2.44. The molecule has 0 spiro atoms. The molecule has 0 saturated carbocycles. The summed E-state index contributed by atoms with van der Waals surface area (Å²) in [5.41, 5.74) is 2.56. The Morgan fingerprint density at radius 2 is 1.53 bits per heavy atom. The van der Waals surface area contributed by atoms with Gasteiger partial charge in [-0.1, -0.05) is 36.4 Å². The second-order valence-corrected chi connectivity index (χ2v) is 4.67. The Bertz CT molecular complexity index is 743. The second-order valence-electron chi connectivity index (χ2n) is 4.67. The molecular formula is C17H14O2. The number of aryl methyl sites for hydroxylation is 1. The minimum absolute atomic E-state index is 0.223. The van der Waals surface area contributed by atoms with Crippen molar-refractivity contribution >= 4 is 10.8 Å². The van der Waals surface area contributed by atoms with Crippen LogP contribution in [0.1, 0.15) is 5.56 Å².